The number of likely N-dealkylation sites (N-methyl/N-ethyl adjacent to an activating group) is 1. The van der Waals surface area contributed by atoms with Crippen molar-refractivity contribution in [2.24, 2.45) is 0 Å². The van der Waals surface area contributed by atoms with E-state index >= 15 is 0 Å². The molecule has 114 valence electrons. The number of para-hydroxylation sites is 1. The number of carbonyl (C=O) groups excluding carboxylic acids is 1. The van der Waals surface area contributed by atoms with Gasteiger partial charge in [0.2, 0.25) is 0 Å². The normalized spacial score (nSPS) is 17.9. The van der Waals surface area contributed by atoms with Crippen molar-refractivity contribution >= 4 is 23.2 Å². The minimum Gasteiger partial charge on any atom is -0.372 e. The standard InChI is InChI=1S/C16H17ClN4O/c1-11-8-20(2)14-6-4-3-5-12(14)9-21(11)16(22)15-13(17)7-18-10-19-15/h3-7,10-11H,8-9H2,1-2H3/t11-/m0/s1. The Kier molecular flexibility index (Phi) is 3.98. The van der Waals surface area contributed by atoms with E-state index in [9.17, 15) is 4.79 Å². The second kappa shape index (κ2) is 5.93. The highest BCUT2D eigenvalue weighted by Crippen LogP contribution is 2.27. The topological polar surface area (TPSA) is 49.3 Å². The first-order valence-corrected chi connectivity index (χ1v) is 7.51. The molecule has 1 aromatic carbocycles. The molecule has 2 aromatic rings. The molecule has 1 aliphatic rings. The molecular formula is C16H17ClN4O. The lowest BCUT2D eigenvalue weighted by molar-refractivity contribution is 0.0681. The fraction of sp³-hybridized carbons (Fsp3) is 0.312. The van der Waals surface area contributed by atoms with Crippen LogP contribution in [0.5, 0.6) is 0 Å². The minimum atomic E-state index is -0.162. The molecule has 1 amide bonds. The largest absolute Gasteiger partial charge is 0.372 e. The molecule has 0 unspecified atom stereocenters. The number of halogens is 1. The van der Waals surface area contributed by atoms with Crippen molar-refractivity contribution in [1.82, 2.24) is 14.9 Å². The van der Waals surface area contributed by atoms with E-state index in [0.717, 1.165) is 17.8 Å². The Morgan fingerprint density at radius 3 is 2.91 bits per heavy atom. The molecule has 22 heavy (non-hydrogen) atoms. The summed E-state index contributed by atoms with van der Waals surface area (Å²) in [6, 6.07) is 8.18. The molecular weight excluding hydrogens is 300 g/mol. The maximum Gasteiger partial charge on any atom is 0.274 e. The van der Waals surface area contributed by atoms with Gasteiger partial charge in [-0.3, -0.25) is 4.79 Å². The second-order valence-electron chi connectivity index (χ2n) is 5.51. The summed E-state index contributed by atoms with van der Waals surface area (Å²) in [5.41, 5.74) is 2.52. The average molecular weight is 317 g/mol. The van der Waals surface area contributed by atoms with E-state index in [-0.39, 0.29) is 22.7 Å². The molecule has 6 heteroatoms. The molecule has 0 aliphatic carbocycles. The van der Waals surface area contributed by atoms with Crippen LogP contribution in [0, 0.1) is 0 Å². The summed E-state index contributed by atoms with van der Waals surface area (Å²) in [7, 11) is 2.04. The summed E-state index contributed by atoms with van der Waals surface area (Å²) in [5, 5.41) is 0.283. The van der Waals surface area contributed by atoms with Gasteiger partial charge in [-0.05, 0) is 18.6 Å². The monoisotopic (exact) mass is 316 g/mol. The van der Waals surface area contributed by atoms with Crippen LogP contribution in [0.4, 0.5) is 5.69 Å². The summed E-state index contributed by atoms with van der Waals surface area (Å²) in [4.78, 5) is 24.7. The summed E-state index contributed by atoms with van der Waals surface area (Å²) in [6.45, 7) is 3.33. The van der Waals surface area contributed by atoms with Crippen LogP contribution in [0.1, 0.15) is 23.0 Å². The molecule has 2 heterocycles. The number of hydrogen-bond acceptors (Lipinski definition) is 4. The van der Waals surface area contributed by atoms with Crippen LogP contribution < -0.4 is 4.90 Å². The lowest BCUT2D eigenvalue weighted by atomic mass is 10.1. The van der Waals surface area contributed by atoms with E-state index in [0.29, 0.717) is 6.54 Å². The second-order valence-corrected chi connectivity index (χ2v) is 5.92. The van der Waals surface area contributed by atoms with Gasteiger partial charge in [-0.15, -0.1) is 0 Å². The SMILES string of the molecule is C[C@H]1CN(C)c2ccccc2CN1C(=O)c1ncncc1Cl. The molecule has 0 saturated heterocycles. The van der Waals surface area contributed by atoms with Crippen molar-refractivity contribution < 1.29 is 4.79 Å². The number of hydrogen-bond donors (Lipinski definition) is 0. The summed E-state index contributed by atoms with van der Waals surface area (Å²) in [6.07, 6.45) is 2.80. The quantitative estimate of drug-likeness (QED) is 0.811. The maximum absolute atomic E-state index is 12.8. The van der Waals surface area contributed by atoms with Gasteiger partial charge < -0.3 is 9.80 Å². The van der Waals surface area contributed by atoms with Crippen LogP contribution in [0.2, 0.25) is 5.02 Å². The van der Waals surface area contributed by atoms with Crippen molar-refractivity contribution in [3.8, 4) is 0 Å². The lowest BCUT2D eigenvalue weighted by Gasteiger charge is -2.28. The Balaban J connectivity index is 1.97. The lowest BCUT2D eigenvalue weighted by Crippen LogP contribution is -2.42. The first-order chi connectivity index (χ1) is 10.6. The average Bonchev–Trinajstić information content (AvgIpc) is 2.64. The highest BCUT2D eigenvalue weighted by atomic mass is 35.5. The summed E-state index contributed by atoms with van der Waals surface area (Å²) >= 11 is 6.07. The zero-order chi connectivity index (χ0) is 15.7. The molecule has 0 fully saturated rings. The molecule has 0 spiro atoms. The number of amides is 1. The van der Waals surface area contributed by atoms with E-state index in [1.165, 1.54) is 12.5 Å². The Morgan fingerprint density at radius 1 is 1.36 bits per heavy atom. The Hall–Kier alpha value is -2.14. The van der Waals surface area contributed by atoms with E-state index in [1.807, 2.05) is 37.1 Å². The minimum absolute atomic E-state index is 0.0518. The maximum atomic E-state index is 12.8. The molecule has 0 saturated carbocycles. The number of benzene rings is 1. The molecule has 0 N–H and O–H groups in total. The predicted molar refractivity (Wildman–Crippen MR) is 86.1 cm³/mol. The van der Waals surface area contributed by atoms with Gasteiger partial charge in [0.15, 0.2) is 0 Å². The predicted octanol–water partition coefficient (Wildman–Crippen LogP) is 2.61. The van der Waals surface area contributed by atoms with Gasteiger partial charge in [0, 0.05) is 38.1 Å². The third-order valence-electron chi connectivity index (χ3n) is 3.94. The van der Waals surface area contributed by atoms with Gasteiger partial charge >= 0.3 is 0 Å². The van der Waals surface area contributed by atoms with Crippen molar-refractivity contribution in [1.29, 1.82) is 0 Å². The van der Waals surface area contributed by atoms with E-state index in [1.54, 1.807) is 0 Å². The number of anilines is 1. The zero-order valence-electron chi connectivity index (χ0n) is 12.5. The fourth-order valence-electron chi connectivity index (χ4n) is 2.83. The molecule has 1 aromatic heterocycles. The highest BCUT2D eigenvalue weighted by Gasteiger charge is 2.29. The number of rotatable bonds is 1. The Labute approximate surface area is 134 Å². The van der Waals surface area contributed by atoms with Crippen LogP contribution in [-0.4, -0.2) is 40.4 Å². The van der Waals surface area contributed by atoms with Gasteiger partial charge in [-0.1, -0.05) is 29.8 Å². The molecule has 1 aliphatic heterocycles. The van der Waals surface area contributed by atoms with Gasteiger partial charge in [0.1, 0.15) is 12.0 Å². The number of aromatic nitrogens is 2. The van der Waals surface area contributed by atoms with Gasteiger partial charge in [-0.25, -0.2) is 9.97 Å². The van der Waals surface area contributed by atoms with E-state index in [2.05, 4.69) is 20.9 Å². The molecule has 3 rings (SSSR count). The van der Waals surface area contributed by atoms with Crippen LogP contribution in [0.3, 0.4) is 0 Å². The third-order valence-corrected chi connectivity index (χ3v) is 4.22. The zero-order valence-corrected chi connectivity index (χ0v) is 13.3. The number of fused-ring (bicyclic) bond motifs is 1. The third kappa shape index (κ3) is 2.64. The van der Waals surface area contributed by atoms with E-state index in [4.69, 9.17) is 11.6 Å². The van der Waals surface area contributed by atoms with Crippen LogP contribution in [-0.2, 0) is 6.54 Å². The van der Waals surface area contributed by atoms with E-state index < -0.39 is 0 Å². The van der Waals surface area contributed by atoms with Gasteiger partial charge in [0.05, 0.1) is 5.02 Å². The fourth-order valence-corrected chi connectivity index (χ4v) is 3.01. The number of carbonyl (C=O) groups is 1. The summed E-state index contributed by atoms with van der Waals surface area (Å²) < 4.78 is 0. The van der Waals surface area contributed by atoms with Crippen LogP contribution in [0.15, 0.2) is 36.8 Å². The first kappa shape index (κ1) is 14.8. The first-order valence-electron chi connectivity index (χ1n) is 7.13. The van der Waals surface area contributed by atoms with Crippen LogP contribution >= 0.6 is 11.6 Å². The van der Waals surface area contributed by atoms with Crippen molar-refractivity contribution in [3.63, 3.8) is 0 Å². The molecule has 5 nitrogen and oxygen atoms in total. The highest BCUT2D eigenvalue weighted by molar-refractivity contribution is 6.33. The van der Waals surface area contributed by atoms with Gasteiger partial charge in [0.25, 0.3) is 5.91 Å². The van der Waals surface area contributed by atoms with Crippen molar-refractivity contribution in [3.05, 3.63) is 53.1 Å². The van der Waals surface area contributed by atoms with Crippen molar-refractivity contribution in [2.75, 3.05) is 18.5 Å². The molecule has 0 radical (unpaired) electrons. The van der Waals surface area contributed by atoms with Crippen LogP contribution in [0.25, 0.3) is 0 Å². The smallest absolute Gasteiger partial charge is 0.274 e. The molecule has 1 atom stereocenters. The Bertz CT molecular complexity index is 706. The van der Waals surface area contributed by atoms with Gasteiger partial charge in [-0.2, -0.15) is 0 Å². The summed E-state index contributed by atoms with van der Waals surface area (Å²) in [5.74, 6) is -0.162. The Morgan fingerprint density at radius 2 is 2.14 bits per heavy atom. The number of nitrogens with zero attached hydrogens (tertiary/aromatic N) is 4. The van der Waals surface area contributed by atoms with Crippen molar-refractivity contribution in [2.45, 2.75) is 19.5 Å². The molecule has 0 bridgehead atoms.